The zero-order valence-corrected chi connectivity index (χ0v) is 16.0. The summed E-state index contributed by atoms with van der Waals surface area (Å²) in [6.07, 6.45) is 7.26. The molecular formula is C22H31FO3. The molecule has 0 aliphatic heterocycles. The monoisotopic (exact) mass is 362 g/mol. The number of carbonyl (C=O) groups excluding carboxylic acids is 1. The lowest BCUT2D eigenvalue weighted by Gasteiger charge is -2.62. The van der Waals surface area contributed by atoms with Crippen molar-refractivity contribution in [1.82, 2.24) is 0 Å². The summed E-state index contributed by atoms with van der Waals surface area (Å²) in [5, 5.41) is 20.7. The fraction of sp³-hybridized carbons (Fsp3) is 0.773. The Balaban J connectivity index is 1.78. The van der Waals surface area contributed by atoms with E-state index in [2.05, 4.69) is 13.8 Å². The minimum absolute atomic E-state index is 0.0767. The maximum absolute atomic E-state index is 16.8. The number of aliphatic hydroxyl groups excluding tert-OH is 2. The van der Waals surface area contributed by atoms with Gasteiger partial charge in [0.2, 0.25) is 0 Å². The molecule has 0 aromatic rings. The Kier molecular flexibility index (Phi) is 4.06. The predicted octanol–water partition coefficient (Wildman–Crippen LogP) is 3.60. The number of carbonyl (C=O) groups is 1. The number of rotatable bonds is 2. The van der Waals surface area contributed by atoms with Crippen molar-refractivity contribution in [2.24, 2.45) is 34.5 Å². The first-order valence-electron chi connectivity index (χ1n) is 10.1. The second-order valence-electron chi connectivity index (χ2n) is 9.68. The van der Waals surface area contributed by atoms with Gasteiger partial charge >= 0.3 is 0 Å². The second-order valence-corrected chi connectivity index (χ2v) is 9.68. The number of aliphatic hydroxyl groups is 2. The van der Waals surface area contributed by atoms with Gasteiger partial charge in [0.15, 0.2) is 11.5 Å². The van der Waals surface area contributed by atoms with Gasteiger partial charge in [0.25, 0.3) is 0 Å². The summed E-state index contributed by atoms with van der Waals surface area (Å²) in [5.74, 6) is 0.686. The van der Waals surface area contributed by atoms with E-state index in [9.17, 15) is 15.0 Å². The molecule has 4 aliphatic carbocycles. The SMILES string of the molecule is C[C@@H]1C[C@H]2C3CCC4=CC(=O)C=CC4(C)[C@@]3(F)C(O)CC2(C)C1CCO. The van der Waals surface area contributed by atoms with Gasteiger partial charge in [-0.15, -0.1) is 0 Å². The molecule has 2 N–H and O–H groups in total. The molecule has 0 bridgehead atoms. The normalized spacial score (nSPS) is 52.9. The molecule has 3 nitrogen and oxygen atoms in total. The van der Waals surface area contributed by atoms with Crippen LogP contribution >= 0.6 is 0 Å². The van der Waals surface area contributed by atoms with E-state index < -0.39 is 17.2 Å². The summed E-state index contributed by atoms with van der Waals surface area (Å²) in [4.78, 5) is 11.8. The molecular weight excluding hydrogens is 331 g/mol. The van der Waals surface area contributed by atoms with Crippen LogP contribution in [0.4, 0.5) is 4.39 Å². The van der Waals surface area contributed by atoms with E-state index in [-0.39, 0.29) is 29.6 Å². The van der Waals surface area contributed by atoms with Crippen molar-refractivity contribution in [1.29, 1.82) is 0 Å². The van der Waals surface area contributed by atoms with Crippen LogP contribution < -0.4 is 0 Å². The highest BCUT2D eigenvalue weighted by Gasteiger charge is 2.70. The Hall–Kier alpha value is -1.00. The van der Waals surface area contributed by atoms with Crippen molar-refractivity contribution in [3.05, 3.63) is 23.8 Å². The van der Waals surface area contributed by atoms with Crippen LogP contribution in [0.2, 0.25) is 0 Å². The van der Waals surface area contributed by atoms with Crippen molar-refractivity contribution in [2.75, 3.05) is 6.61 Å². The molecule has 4 rings (SSSR count). The molecule has 0 heterocycles. The molecule has 8 atom stereocenters. The van der Waals surface area contributed by atoms with Crippen LogP contribution in [0.25, 0.3) is 0 Å². The molecule has 144 valence electrons. The van der Waals surface area contributed by atoms with Crippen LogP contribution in [0, 0.1) is 34.5 Å². The largest absolute Gasteiger partial charge is 0.396 e. The average molecular weight is 362 g/mol. The van der Waals surface area contributed by atoms with Crippen molar-refractivity contribution in [3.8, 4) is 0 Å². The summed E-state index contributed by atoms with van der Waals surface area (Å²) in [7, 11) is 0. The van der Waals surface area contributed by atoms with Gasteiger partial charge in [-0.25, -0.2) is 4.39 Å². The van der Waals surface area contributed by atoms with Gasteiger partial charge in [-0.3, -0.25) is 4.79 Å². The van der Waals surface area contributed by atoms with Crippen molar-refractivity contribution in [3.63, 3.8) is 0 Å². The van der Waals surface area contributed by atoms with E-state index >= 15 is 4.39 Å². The van der Waals surface area contributed by atoms with Gasteiger partial charge in [0.1, 0.15) is 0 Å². The highest BCUT2D eigenvalue weighted by molar-refractivity contribution is 6.01. The molecule has 0 radical (unpaired) electrons. The smallest absolute Gasteiger partial charge is 0.178 e. The van der Waals surface area contributed by atoms with Gasteiger partial charge in [-0.2, -0.15) is 0 Å². The number of fused-ring (bicyclic) bond motifs is 5. The topological polar surface area (TPSA) is 57.5 Å². The quantitative estimate of drug-likeness (QED) is 0.789. The summed E-state index contributed by atoms with van der Waals surface area (Å²) in [5.41, 5.74) is -1.92. The molecule has 3 saturated carbocycles. The molecule has 3 fully saturated rings. The molecule has 0 aromatic carbocycles. The summed E-state index contributed by atoms with van der Waals surface area (Å²) >= 11 is 0. The number of ketones is 1. The third-order valence-corrected chi connectivity index (χ3v) is 8.68. The van der Waals surface area contributed by atoms with Gasteiger partial charge in [-0.05, 0) is 74.3 Å². The zero-order valence-electron chi connectivity index (χ0n) is 16.0. The van der Waals surface area contributed by atoms with E-state index in [1.807, 2.05) is 6.92 Å². The van der Waals surface area contributed by atoms with Crippen LogP contribution in [0.3, 0.4) is 0 Å². The van der Waals surface area contributed by atoms with Gasteiger partial charge < -0.3 is 10.2 Å². The number of allylic oxidation sites excluding steroid dienone is 4. The standard InChI is InChI=1S/C22H31FO3/c1-13-10-18-17-5-4-14-11-15(25)6-8-21(14,3)22(17,23)19(26)12-20(18,2)16(13)7-9-24/h6,8,11,13,16-19,24,26H,4-5,7,9-10,12H2,1-3H3/t13-,16?,17?,18+,19?,20?,21?,22+/m1/s1. The van der Waals surface area contributed by atoms with Gasteiger partial charge in [-0.1, -0.05) is 25.5 Å². The molecule has 0 saturated heterocycles. The fourth-order valence-electron chi connectivity index (χ4n) is 7.43. The fourth-order valence-corrected chi connectivity index (χ4v) is 7.43. The second kappa shape index (κ2) is 5.75. The highest BCUT2D eigenvalue weighted by Crippen LogP contribution is 2.70. The minimum Gasteiger partial charge on any atom is -0.396 e. The number of alkyl halides is 1. The van der Waals surface area contributed by atoms with E-state index in [0.29, 0.717) is 24.7 Å². The van der Waals surface area contributed by atoms with Crippen LogP contribution in [0.1, 0.15) is 52.9 Å². The van der Waals surface area contributed by atoms with Crippen LogP contribution in [-0.4, -0.2) is 34.4 Å². The van der Waals surface area contributed by atoms with Crippen LogP contribution in [0.5, 0.6) is 0 Å². The molecule has 5 unspecified atom stereocenters. The molecule has 4 heteroatoms. The van der Waals surface area contributed by atoms with Crippen LogP contribution in [-0.2, 0) is 4.79 Å². The number of hydrogen-bond acceptors (Lipinski definition) is 3. The predicted molar refractivity (Wildman–Crippen MR) is 98.1 cm³/mol. The van der Waals surface area contributed by atoms with E-state index in [4.69, 9.17) is 0 Å². The third-order valence-electron chi connectivity index (χ3n) is 8.68. The molecule has 26 heavy (non-hydrogen) atoms. The zero-order chi connectivity index (χ0) is 18.9. The Bertz CT molecular complexity index is 685. The Morgan fingerprint density at radius 3 is 2.73 bits per heavy atom. The van der Waals surface area contributed by atoms with E-state index in [1.54, 1.807) is 12.2 Å². The Morgan fingerprint density at radius 1 is 1.31 bits per heavy atom. The van der Waals surface area contributed by atoms with Gasteiger partial charge in [0, 0.05) is 17.9 Å². The van der Waals surface area contributed by atoms with Gasteiger partial charge in [0.05, 0.1) is 6.10 Å². The molecule has 0 spiro atoms. The lowest BCUT2D eigenvalue weighted by atomic mass is 9.45. The maximum Gasteiger partial charge on any atom is 0.178 e. The Morgan fingerprint density at radius 2 is 2.04 bits per heavy atom. The third kappa shape index (κ3) is 2.09. The van der Waals surface area contributed by atoms with Crippen LogP contribution in [0.15, 0.2) is 23.8 Å². The van der Waals surface area contributed by atoms with Crippen molar-refractivity contribution < 1.29 is 19.4 Å². The summed E-state index contributed by atoms with van der Waals surface area (Å²) in [6, 6.07) is 0. The highest BCUT2D eigenvalue weighted by atomic mass is 19.1. The average Bonchev–Trinajstić information content (AvgIpc) is 2.82. The van der Waals surface area contributed by atoms with E-state index in [0.717, 1.165) is 24.8 Å². The number of halogens is 1. The Labute approximate surface area is 155 Å². The van der Waals surface area contributed by atoms with E-state index in [1.165, 1.54) is 6.08 Å². The lowest BCUT2D eigenvalue weighted by molar-refractivity contribution is -0.195. The summed E-state index contributed by atoms with van der Waals surface area (Å²) in [6.45, 7) is 6.43. The molecule has 4 aliphatic rings. The van der Waals surface area contributed by atoms with Crippen molar-refractivity contribution in [2.45, 2.75) is 64.6 Å². The first-order valence-corrected chi connectivity index (χ1v) is 10.1. The number of hydrogen-bond donors (Lipinski definition) is 2. The maximum atomic E-state index is 16.8. The summed E-state index contributed by atoms with van der Waals surface area (Å²) < 4.78 is 16.8. The lowest BCUT2D eigenvalue weighted by Crippen LogP contribution is -2.66. The molecule has 0 amide bonds. The first-order chi connectivity index (χ1) is 12.2. The van der Waals surface area contributed by atoms with Crippen molar-refractivity contribution >= 4 is 5.78 Å². The molecule has 0 aromatic heterocycles. The minimum atomic E-state index is -1.73. The first kappa shape index (κ1) is 18.4.